The van der Waals surface area contributed by atoms with Crippen LogP contribution in [0.3, 0.4) is 0 Å². The predicted molar refractivity (Wildman–Crippen MR) is 63.8 cm³/mol. The average Bonchev–Trinajstić information content (AvgIpc) is 2.26. The molecule has 94 valence electrons. The summed E-state index contributed by atoms with van der Waals surface area (Å²) in [5.41, 5.74) is 0.443. The molecule has 1 unspecified atom stereocenters. The minimum absolute atomic E-state index is 0.0946. The lowest BCUT2D eigenvalue weighted by Gasteiger charge is -2.41. The fraction of sp³-hybridized carbons (Fsp3) is 0.538. The van der Waals surface area contributed by atoms with Crippen LogP contribution in [0.5, 0.6) is 0 Å². The Kier molecular flexibility index (Phi) is 3.74. The molecule has 0 aliphatic carbocycles. The Morgan fingerprint density at radius 3 is 2.65 bits per heavy atom. The Hall–Kier alpha value is -1.00. The lowest BCUT2D eigenvalue weighted by molar-refractivity contribution is 0.107. The molecule has 2 nitrogen and oxygen atoms in total. The SMILES string of the molecule is CCN(C1CNC1)C(C)c1cccc(F)c1F. The van der Waals surface area contributed by atoms with Crippen LogP contribution in [0.1, 0.15) is 25.5 Å². The molecule has 0 aromatic heterocycles. The summed E-state index contributed by atoms with van der Waals surface area (Å²) in [6, 6.07) is 4.72. The molecule has 0 saturated carbocycles. The second-order valence-corrected chi connectivity index (χ2v) is 4.46. The molecule has 0 bridgehead atoms. The zero-order valence-electron chi connectivity index (χ0n) is 10.2. The Bertz CT molecular complexity index is 391. The number of benzene rings is 1. The number of hydrogen-bond acceptors (Lipinski definition) is 2. The molecular formula is C13H18F2N2. The maximum atomic E-state index is 13.7. The first-order chi connectivity index (χ1) is 8.15. The van der Waals surface area contributed by atoms with E-state index < -0.39 is 11.6 Å². The molecule has 1 aromatic carbocycles. The topological polar surface area (TPSA) is 15.3 Å². The van der Waals surface area contributed by atoms with E-state index in [2.05, 4.69) is 10.2 Å². The predicted octanol–water partition coefficient (Wildman–Crippen LogP) is 2.32. The van der Waals surface area contributed by atoms with Crippen LogP contribution in [0.2, 0.25) is 0 Å². The summed E-state index contributed by atoms with van der Waals surface area (Å²) >= 11 is 0. The van der Waals surface area contributed by atoms with E-state index in [-0.39, 0.29) is 6.04 Å². The first-order valence-electron chi connectivity index (χ1n) is 6.05. The lowest BCUT2D eigenvalue weighted by Crippen LogP contribution is -2.57. The largest absolute Gasteiger partial charge is 0.314 e. The molecule has 1 fully saturated rings. The molecule has 0 spiro atoms. The van der Waals surface area contributed by atoms with E-state index in [1.54, 1.807) is 12.1 Å². The van der Waals surface area contributed by atoms with E-state index in [4.69, 9.17) is 0 Å². The zero-order valence-corrected chi connectivity index (χ0v) is 10.2. The maximum absolute atomic E-state index is 13.7. The highest BCUT2D eigenvalue weighted by Gasteiger charge is 2.29. The summed E-state index contributed by atoms with van der Waals surface area (Å²) < 4.78 is 26.9. The second-order valence-electron chi connectivity index (χ2n) is 4.46. The van der Waals surface area contributed by atoms with Crippen molar-refractivity contribution in [3.8, 4) is 0 Å². The molecule has 1 heterocycles. The van der Waals surface area contributed by atoms with E-state index in [0.29, 0.717) is 11.6 Å². The molecule has 1 N–H and O–H groups in total. The maximum Gasteiger partial charge on any atom is 0.163 e. The van der Waals surface area contributed by atoms with Crippen LogP contribution >= 0.6 is 0 Å². The summed E-state index contributed by atoms with van der Waals surface area (Å²) in [4.78, 5) is 2.20. The Balaban J connectivity index is 2.22. The Labute approximate surface area is 101 Å². The van der Waals surface area contributed by atoms with Gasteiger partial charge in [-0.15, -0.1) is 0 Å². The van der Waals surface area contributed by atoms with E-state index >= 15 is 0 Å². The van der Waals surface area contributed by atoms with Crippen molar-refractivity contribution in [2.75, 3.05) is 19.6 Å². The van der Waals surface area contributed by atoms with E-state index in [9.17, 15) is 8.78 Å². The van der Waals surface area contributed by atoms with Crippen LogP contribution in [0, 0.1) is 11.6 Å². The van der Waals surface area contributed by atoms with Gasteiger partial charge in [0.1, 0.15) is 0 Å². The van der Waals surface area contributed by atoms with Gasteiger partial charge >= 0.3 is 0 Å². The number of halogens is 2. The number of nitrogens with zero attached hydrogens (tertiary/aromatic N) is 1. The number of hydrogen-bond donors (Lipinski definition) is 1. The van der Waals surface area contributed by atoms with Gasteiger partial charge in [-0.25, -0.2) is 8.78 Å². The van der Waals surface area contributed by atoms with Crippen molar-refractivity contribution in [3.05, 3.63) is 35.4 Å². The monoisotopic (exact) mass is 240 g/mol. The molecule has 1 aliphatic rings. The molecule has 17 heavy (non-hydrogen) atoms. The first-order valence-corrected chi connectivity index (χ1v) is 6.05. The minimum atomic E-state index is -0.767. The van der Waals surface area contributed by atoms with Gasteiger partial charge in [0.15, 0.2) is 11.6 Å². The fourth-order valence-electron chi connectivity index (χ4n) is 2.38. The highest BCUT2D eigenvalue weighted by molar-refractivity contribution is 5.22. The molecule has 1 atom stereocenters. The summed E-state index contributed by atoms with van der Waals surface area (Å²) in [6.45, 7) is 6.67. The van der Waals surface area contributed by atoms with Gasteiger partial charge in [0.05, 0.1) is 0 Å². The van der Waals surface area contributed by atoms with Crippen molar-refractivity contribution in [2.45, 2.75) is 25.9 Å². The molecule has 0 radical (unpaired) electrons. The quantitative estimate of drug-likeness (QED) is 0.869. The van der Waals surface area contributed by atoms with Crippen LogP contribution < -0.4 is 5.32 Å². The second kappa shape index (κ2) is 5.10. The van der Waals surface area contributed by atoms with Crippen LogP contribution in [0.25, 0.3) is 0 Å². The van der Waals surface area contributed by atoms with Gasteiger partial charge in [0, 0.05) is 30.7 Å². The van der Waals surface area contributed by atoms with Crippen LogP contribution in [-0.4, -0.2) is 30.6 Å². The van der Waals surface area contributed by atoms with Gasteiger partial charge in [-0.2, -0.15) is 0 Å². The average molecular weight is 240 g/mol. The van der Waals surface area contributed by atoms with Crippen LogP contribution in [-0.2, 0) is 0 Å². The standard InChI is InChI=1S/C13H18F2N2/c1-3-17(10-7-16-8-10)9(2)11-5-4-6-12(14)13(11)15/h4-6,9-10,16H,3,7-8H2,1-2H3. The summed E-state index contributed by atoms with van der Waals surface area (Å²) in [5.74, 6) is -1.48. The van der Waals surface area contributed by atoms with E-state index in [1.807, 2.05) is 13.8 Å². The fourth-order valence-corrected chi connectivity index (χ4v) is 2.38. The smallest absolute Gasteiger partial charge is 0.163 e. The molecule has 4 heteroatoms. The highest BCUT2D eigenvalue weighted by atomic mass is 19.2. The van der Waals surface area contributed by atoms with Crippen molar-refractivity contribution in [3.63, 3.8) is 0 Å². The van der Waals surface area contributed by atoms with Gasteiger partial charge in [0.25, 0.3) is 0 Å². The van der Waals surface area contributed by atoms with Gasteiger partial charge < -0.3 is 5.32 Å². The van der Waals surface area contributed by atoms with Gasteiger partial charge in [-0.05, 0) is 19.5 Å². The first kappa shape index (κ1) is 12.5. The Morgan fingerprint density at radius 1 is 1.41 bits per heavy atom. The number of rotatable bonds is 4. The van der Waals surface area contributed by atoms with Crippen molar-refractivity contribution in [1.29, 1.82) is 0 Å². The van der Waals surface area contributed by atoms with Crippen molar-refractivity contribution in [2.24, 2.45) is 0 Å². The van der Waals surface area contributed by atoms with Gasteiger partial charge in [0.2, 0.25) is 0 Å². The molecule has 1 aliphatic heterocycles. The zero-order chi connectivity index (χ0) is 12.4. The van der Waals surface area contributed by atoms with Crippen LogP contribution in [0.4, 0.5) is 8.78 Å². The normalized spacial score (nSPS) is 18.2. The summed E-state index contributed by atoms with van der Waals surface area (Å²) in [6.07, 6.45) is 0. The summed E-state index contributed by atoms with van der Waals surface area (Å²) in [7, 11) is 0. The van der Waals surface area contributed by atoms with E-state index in [1.165, 1.54) is 0 Å². The third kappa shape index (κ3) is 2.33. The lowest BCUT2D eigenvalue weighted by atomic mass is 10.0. The Morgan fingerprint density at radius 2 is 2.12 bits per heavy atom. The molecule has 1 saturated heterocycles. The van der Waals surface area contributed by atoms with Crippen molar-refractivity contribution < 1.29 is 8.78 Å². The number of nitrogens with one attached hydrogen (secondary N) is 1. The van der Waals surface area contributed by atoms with Gasteiger partial charge in [-0.3, -0.25) is 4.90 Å². The van der Waals surface area contributed by atoms with E-state index in [0.717, 1.165) is 25.7 Å². The number of likely N-dealkylation sites (N-methyl/N-ethyl adjacent to an activating group) is 1. The van der Waals surface area contributed by atoms with Crippen molar-refractivity contribution in [1.82, 2.24) is 10.2 Å². The third-order valence-corrected chi connectivity index (χ3v) is 3.52. The minimum Gasteiger partial charge on any atom is -0.314 e. The third-order valence-electron chi connectivity index (χ3n) is 3.52. The molecule has 0 amide bonds. The van der Waals surface area contributed by atoms with Crippen LogP contribution in [0.15, 0.2) is 18.2 Å². The highest BCUT2D eigenvalue weighted by Crippen LogP contribution is 2.26. The molecule has 1 aromatic rings. The summed E-state index contributed by atoms with van der Waals surface area (Å²) in [5, 5.41) is 3.20. The molecule has 2 rings (SSSR count). The van der Waals surface area contributed by atoms with Gasteiger partial charge in [-0.1, -0.05) is 19.1 Å². The van der Waals surface area contributed by atoms with Crippen molar-refractivity contribution >= 4 is 0 Å². The molecular weight excluding hydrogens is 222 g/mol.